The first-order valence-corrected chi connectivity index (χ1v) is 5.24. The first-order chi connectivity index (χ1) is 7.29. The van der Waals surface area contributed by atoms with Crippen LogP contribution in [0.2, 0.25) is 0 Å². The molecule has 0 saturated heterocycles. The molecule has 74 valence electrons. The quantitative estimate of drug-likeness (QED) is 0.835. The zero-order chi connectivity index (χ0) is 10.7. The van der Waals surface area contributed by atoms with Crippen LogP contribution in [-0.4, -0.2) is 9.78 Å². The van der Waals surface area contributed by atoms with Crippen LogP contribution in [0.25, 0.3) is 11.1 Å². The zero-order valence-corrected chi connectivity index (χ0v) is 9.48. The van der Waals surface area contributed by atoms with Crippen LogP contribution in [0.3, 0.4) is 0 Å². The Balaban J connectivity index is 2.34. The van der Waals surface area contributed by atoms with Gasteiger partial charge >= 0.3 is 0 Å². The van der Waals surface area contributed by atoms with Crippen molar-refractivity contribution in [1.29, 1.82) is 5.26 Å². The van der Waals surface area contributed by atoms with Gasteiger partial charge in [0.2, 0.25) is 0 Å². The highest BCUT2D eigenvalue weighted by molar-refractivity contribution is 9.10. The van der Waals surface area contributed by atoms with Gasteiger partial charge < -0.3 is 0 Å². The van der Waals surface area contributed by atoms with Gasteiger partial charge in [0.05, 0.1) is 12.3 Å². The van der Waals surface area contributed by atoms with E-state index >= 15 is 0 Å². The molecule has 0 radical (unpaired) electrons. The van der Waals surface area contributed by atoms with Crippen LogP contribution in [0, 0.1) is 11.3 Å². The highest BCUT2D eigenvalue weighted by Crippen LogP contribution is 2.22. The van der Waals surface area contributed by atoms with Crippen LogP contribution in [0.1, 0.15) is 0 Å². The lowest BCUT2D eigenvalue weighted by Crippen LogP contribution is -1.93. The van der Waals surface area contributed by atoms with Gasteiger partial charge in [0, 0.05) is 16.2 Å². The monoisotopic (exact) mass is 261 g/mol. The van der Waals surface area contributed by atoms with Crippen LogP contribution < -0.4 is 0 Å². The van der Waals surface area contributed by atoms with Crippen LogP contribution in [0.5, 0.6) is 0 Å². The van der Waals surface area contributed by atoms with Crippen molar-refractivity contribution >= 4 is 15.9 Å². The summed E-state index contributed by atoms with van der Waals surface area (Å²) >= 11 is 3.42. The summed E-state index contributed by atoms with van der Waals surface area (Å²) in [6.45, 7) is 0.286. The van der Waals surface area contributed by atoms with E-state index in [1.54, 1.807) is 10.9 Å². The fourth-order valence-electron chi connectivity index (χ4n) is 1.34. The number of nitrogens with zero attached hydrogens (tertiary/aromatic N) is 3. The van der Waals surface area contributed by atoms with E-state index in [1.165, 1.54) is 0 Å². The molecular formula is C11H8BrN3. The van der Waals surface area contributed by atoms with Gasteiger partial charge in [-0.3, -0.25) is 4.68 Å². The third-order valence-corrected chi connectivity index (χ3v) is 2.52. The summed E-state index contributed by atoms with van der Waals surface area (Å²) in [5.41, 5.74) is 2.11. The van der Waals surface area contributed by atoms with Crippen LogP contribution >= 0.6 is 15.9 Å². The minimum atomic E-state index is 0.286. The Morgan fingerprint density at radius 1 is 1.40 bits per heavy atom. The van der Waals surface area contributed by atoms with Gasteiger partial charge in [0.1, 0.15) is 6.54 Å². The second kappa shape index (κ2) is 4.28. The molecule has 15 heavy (non-hydrogen) atoms. The highest BCUT2D eigenvalue weighted by atomic mass is 79.9. The van der Waals surface area contributed by atoms with E-state index in [-0.39, 0.29) is 6.54 Å². The zero-order valence-electron chi connectivity index (χ0n) is 7.89. The molecule has 0 unspecified atom stereocenters. The molecule has 0 amide bonds. The van der Waals surface area contributed by atoms with Gasteiger partial charge in [-0.2, -0.15) is 10.4 Å². The number of rotatable bonds is 2. The Labute approximate surface area is 96.1 Å². The molecule has 1 aromatic heterocycles. The SMILES string of the molecule is N#CCn1cc(-c2cccc(Br)c2)cn1. The molecule has 3 nitrogen and oxygen atoms in total. The summed E-state index contributed by atoms with van der Waals surface area (Å²) in [7, 11) is 0. The molecule has 0 bridgehead atoms. The number of nitriles is 1. The lowest BCUT2D eigenvalue weighted by atomic mass is 10.1. The van der Waals surface area contributed by atoms with E-state index in [2.05, 4.69) is 27.1 Å². The van der Waals surface area contributed by atoms with Crippen molar-refractivity contribution in [3.63, 3.8) is 0 Å². The third kappa shape index (κ3) is 2.25. The molecule has 0 fully saturated rings. The van der Waals surface area contributed by atoms with Crippen molar-refractivity contribution in [3.05, 3.63) is 41.1 Å². The highest BCUT2D eigenvalue weighted by Gasteiger charge is 2.01. The van der Waals surface area contributed by atoms with Gasteiger partial charge in [0.25, 0.3) is 0 Å². The fourth-order valence-corrected chi connectivity index (χ4v) is 1.74. The van der Waals surface area contributed by atoms with Crippen molar-refractivity contribution in [2.45, 2.75) is 6.54 Å². The Morgan fingerprint density at radius 3 is 3.00 bits per heavy atom. The Kier molecular flexibility index (Phi) is 2.84. The molecule has 0 saturated carbocycles. The Morgan fingerprint density at radius 2 is 2.27 bits per heavy atom. The molecule has 0 aliphatic heterocycles. The summed E-state index contributed by atoms with van der Waals surface area (Å²) in [5.74, 6) is 0. The summed E-state index contributed by atoms with van der Waals surface area (Å²) in [4.78, 5) is 0. The fraction of sp³-hybridized carbons (Fsp3) is 0.0909. The molecule has 1 aromatic carbocycles. The molecule has 2 rings (SSSR count). The van der Waals surface area contributed by atoms with Crippen LogP contribution in [0.15, 0.2) is 41.1 Å². The second-order valence-corrected chi connectivity index (χ2v) is 4.01. The first-order valence-electron chi connectivity index (χ1n) is 4.45. The topological polar surface area (TPSA) is 41.6 Å². The lowest BCUT2D eigenvalue weighted by molar-refractivity contribution is 0.710. The molecular weight excluding hydrogens is 254 g/mol. The second-order valence-electron chi connectivity index (χ2n) is 3.10. The van der Waals surface area contributed by atoms with E-state index in [0.717, 1.165) is 15.6 Å². The van der Waals surface area contributed by atoms with E-state index in [1.807, 2.05) is 30.5 Å². The maximum atomic E-state index is 8.53. The van der Waals surface area contributed by atoms with Crippen molar-refractivity contribution in [1.82, 2.24) is 9.78 Å². The summed E-state index contributed by atoms with van der Waals surface area (Å²) in [6, 6.07) is 10.0. The van der Waals surface area contributed by atoms with Crippen molar-refractivity contribution in [2.75, 3.05) is 0 Å². The normalized spacial score (nSPS) is 9.87. The summed E-state index contributed by atoms with van der Waals surface area (Å²) in [5, 5.41) is 12.6. The lowest BCUT2D eigenvalue weighted by Gasteiger charge is -1.96. The molecule has 0 N–H and O–H groups in total. The molecule has 0 atom stereocenters. The van der Waals surface area contributed by atoms with Crippen molar-refractivity contribution in [3.8, 4) is 17.2 Å². The predicted octanol–water partition coefficient (Wildman–Crippen LogP) is 2.84. The van der Waals surface area contributed by atoms with Crippen molar-refractivity contribution < 1.29 is 0 Å². The maximum absolute atomic E-state index is 8.53. The van der Waals surface area contributed by atoms with Crippen LogP contribution in [0.4, 0.5) is 0 Å². The molecule has 2 aromatic rings. The number of benzene rings is 1. The number of hydrogen-bond acceptors (Lipinski definition) is 2. The number of aromatic nitrogens is 2. The number of halogens is 1. The molecule has 1 heterocycles. The van der Waals surface area contributed by atoms with Gasteiger partial charge in [-0.15, -0.1) is 0 Å². The van der Waals surface area contributed by atoms with Gasteiger partial charge in [-0.05, 0) is 17.7 Å². The van der Waals surface area contributed by atoms with Gasteiger partial charge in [0.15, 0.2) is 0 Å². The number of hydrogen-bond donors (Lipinski definition) is 0. The standard InChI is InChI=1S/C11H8BrN3/c12-11-3-1-2-9(6-11)10-7-14-15(8-10)5-4-13/h1-3,6-8H,5H2. The van der Waals surface area contributed by atoms with E-state index in [9.17, 15) is 0 Å². The Hall–Kier alpha value is -1.60. The largest absolute Gasteiger partial charge is 0.258 e. The minimum Gasteiger partial charge on any atom is -0.258 e. The third-order valence-electron chi connectivity index (χ3n) is 2.02. The van der Waals surface area contributed by atoms with Crippen LogP contribution in [-0.2, 0) is 6.54 Å². The van der Waals surface area contributed by atoms with Gasteiger partial charge in [-0.25, -0.2) is 0 Å². The van der Waals surface area contributed by atoms with E-state index in [4.69, 9.17) is 5.26 Å². The average Bonchev–Trinajstić information content (AvgIpc) is 2.67. The molecule has 0 aliphatic rings. The molecule has 4 heteroatoms. The average molecular weight is 262 g/mol. The van der Waals surface area contributed by atoms with Gasteiger partial charge in [-0.1, -0.05) is 28.1 Å². The van der Waals surface area contributed by atoms with E-state index < -0.39 is 0 Å². The minimum absolute atomic E-state index is 0.286. The predicted molar refractivity (Wildman–Crippen MR) is 61.0 cm³/mol. The summed E-state index contributed by atoms with van der Waals surface area (Å²) < 4.78 is 2.66. The molecule has 0 aliphatic carbocycles. The maximum Gasteiger partial charge on any atom is 0.128 e. The van der Waals surface area contributed by atoms with Crippen molar-refractivity contribution in [2.24, 2.45) is 0 Å². The summed E-state index contributed by atoms with van der Waals surface area (Å²) in [6.07, 6.45) is 3.63. The Bertz CT molecular complexity index is 511. The molecule has 0 spiro atoms. The van der Waals surface area contributed by atoms with E-state index in [0.29, 0.717) is 0 Å². The smallest absolute Gasteiger partial charge is 0.128 e. The first kappa shape index (κ1) is 9.94.